The molecule has 3 aromatic carbocycles. The largest absolute Gasteiger partial charge is 0.497 e. The average Bonchev–Trinajstić information content (AvgIpc) is 2.84. The number of hydrogen-bond donors (Lipinski definition) is 2. The smallest absolute Gasteiger partial charge is 0.343 e. The number of carbonyl (C=O) groups excluding carboxylic acids is 2. The molecule has 1 amide bonds. The number of methoxy groups -OCH3 is 1. The van der Waals surface area contributed by atoms with Crippen molar-refractivity contribution in [3.63, 3.8) is 0 Å². The highest BCUT2D eigenvalue weighted by Crippen LogP contribution is 2.16. The lowest BCUT2D eigenvalue weighted by atomic mass is 10.2. The summed E-state index contributed by atoms with van der Waals surface area (Å²) in [6.45, 7) is -0.478. The fourth-order valence-corrected chi connectivity index (χ4v) is 3.62. The minimum Gasteiger partial charge on any atom is -0.497 e. The molecule has 0 bridgehead atoms. The van der Waals surface area contributed by atoms with Gasteiger partial charge < -0.3 is 9.47 Å². The van der Waals surface area contributed by atoms with Crippen LogP contribution in [0.5, 0.6) is 11.5 Å². The number of ether oxygens (including phenoxy) is 2. The normalized spacial score (nSPS) is 11.2. The van der Waals surface area contributed by atoms with Gasteiger partial charge in [0.2, 0.25) is 10.0 Å². The molecule has 0 radical (unpaired) electrons. The molecule has 0 aromatic heterocycles. The second-order valence-electron chi connectivity index (χ2n) is 6.62. The Labute approximate surface area is 191 Å². The van der Waals surface area contributed by atoms with E-state index in [4.69, 9.17) is 9.47 Å². The summed E-state index contributed by atoms with van der Waals surface area (Å²) in [6.07, 6.45) is 1.34. The lowest BCUT2D eigenvalue weighted by Gasteiger charge is -2.06. The van der Waals surface area contributed by atoms with Crippen LogP contribution in [0.1, 0.15) is 15.9 Å². The molecule has 2 N–H and O–H groups in total. The number of rotatable bonds is 9. The fraction of sp³-hybridized carbons (Fsp3) is 0.0870. The fourth-order valence-electron chi connectivity index (χ4n) is 2.61. The molecule has 0 aliphatic rings. The zero-order valence-electron chi connectivity index (χ0n) is 17.6. The molecule has 0 heterocycles. The highest BCUT2D eigenvalue weighted by molar-refractivity contribution is 7.89. The van der Waals surface area contributed by atoms with Gasteiger partial charge in [0.15, 0.2) is 0 Å². The molecule has 0 aliphatic carbocycles. The van der Waals surface area contributed by atoms with E-state index in [0.717, 1.165) is 0 Å². The number of hydrazone groups is 1. The van der Waals surface area contributed by atoms with Crippen LogP contribution in [-0.4, -0.2) is 40.2 Å². The minimum absolute atomic E-state index is 0.0577. The maximum atomic E-state index is 12.3. The molecular weight excluding hydrogens is 446 g/mol. The summed E-state index contributed by atoms with van der Waals surface area (Å²) in [6, 6.07) is 20.7. The van der Waals surface area contributed by atoms with E-state index in [9.17, 15) is 18.0 Å². The molecule has 33 heavy (non-hydrogen) atoms. The Bertz CT molecular complexity index is 1240. The van der Waals surface area contributed by atoms with Gasteiger partial charge in [-0.05, 0) is 54.1 Å². The molecule has 9 nitrogen and oxygen atoms in total. The number of amides is 1. The van der Waals surface area contributed by atoms with Crippen molar-refractivity contribution in [3.8, 4) is 11.5 Å². The number of nitrogens with one attached hydrogen (secondary N) is 2. The van der Waals surface area contributed by atoms with Crippen LogP contribution < -0.4 is 19.6 Å². The Hall–Kier alpha value is -4.02. The summed E-state index contributed by atoms with van der Waals surface area (Å²) >= 11 is 0. The first kappa shape index (κ1) is 23.6. The highest BCUT2D eigenvalue weighted by atomic mass is 32.2. The monoisotopic (exact) mass is 467 g/mol. The van der Waals surface area contributed by atoms with E-state index in [0.29, 0.717) is 22.6 Å². The van der Waals surface area contributed by atoms with Crippen molar-refractivity contribution in [1.82, 2.24) is 10.1 Å². The topological polar surface area (TPSA) is 123 Å². The van der Waals surface area contributed by atoms with Crippen LogP contribution >= 0.6 is 0 Å². The summed E-state index contributed by atoms with van der Waals surface area (Å²) < 4.78 is 36.8. The SMILES string of the molecule is COc1ccc(C(=O)Oc2cccc(C=NNC(=O)CNS(=O)(=O)c3ccccc3)c2)cc1. The van der Waals surface area contributed by atoms with Gasteiger partial charge in [0, 0.05) is 0 Å². The maximum Gasteiger partial charge on any atom is 0.343 e. The number of carbonyl (C=O) groups is 2. The van der Waals surface area contributed by atoms with Crippen LogP contribution in [0.15, 0.2) is 88.9 Å². The van der Waals surface area contributed by atoms with Gasteiger partial charge in [0.05, 0.1) is 30.3 Å². The third kappa shape index (κ3) is 6.99. The van der Waals surface area contributed by atoms with E-state index in [2.05, 4.69) is 15.2 Å². The van der Waals surface area contributed by atoms with Gasteiger partial charge in [-0.25, -0.2) is 23.4 Å². The van der Waals surface area contributed by atoms with E-state index in [-0.39, 0.29) is 4.90 Å². The first-order valence-corrected chi connectivity index (χ1v) is 11.2. The second-order valence-corrected chi connectivity index (χ2v) is 8.39. The standard InChI is InChI=1S/C23H21N3O6S/c1-31-19-12-10-18(11-13-19)23(28)32-20-7-5-6-17(14-20)15-24-26-22(27)16-25-33(29,30)21-8-3-2-4-9-21/h2-15,25H,16H2,1H3,(H,26,27). The third-order valence-corrected chi connectivity index (χ3v) is 5.69. The number of sulfonamides is 1. The molecule has 0 spiro atoms. The molecule has 0 atom stereocenters. The molecule has 10 heteroatoms. The van der Waals surface area contributed by atoms with Crippen molar-refractivity contribution in [2.24, 2.45) is 5.10 Å². The Morgan fingerprint density at radius 1 is 0.939 bits per heavy atom. The Kier molecular flexibility index (Phi) is 7.90. The lowest BCUT2D eigenvalue weighted by molar-refractivity contribution is -0.119. The summed E-state index contributed by atoms with van der Waals surface area (Å²) in [7, 11) is -2.26. The van der Waals surface area contributed by atoms with Gasteiger partial charge in [-0.15, -0.1) is 0 Å². The van der Waals surface area contributed by atoms with Crippen LogP contribution in [0.25, 0.3) is 0 Å². The average molecular weight is 468 g/mol. The quantitative estimate of drug-likeness (QED) is 0.216. The van der Waals surface area contributed by atoms with Gasteiger partial charge in [-0.3, -0.25) is 4.79 Å². The van der Waals surface area contributed by atoms with Crippen LogP contribution in [0.3, 0.4) is 0 Å². The van der Waals surface area contributed by atoms with Crippen LogP contribution in [0.2, 0.25) is 0 Å². The van der Waals surface area contributed by atoms with E-state index in [1.165, 1.54) is 25.5 Å². The van der Waals surface area contributed by atoms with Crippen molar-refractivity contribution >= 4 is 28.1 Å². The van der Waals surface area contributed by atoms with Gasteiger partial charge in [0.25, 0.3) is 5.91 Å². The number of hydrogen-bond acceptors (Lipinski definition) is 7. The molecule has 3 rings (SSSR count). The van der Waals surface area contributed by atoms with E-state index in [1.54, 1.807) is 66.7 Å². The Balaban J connectivity index is 1.52. The van der Waals surface area contributed by atoms with Crippen LogP contribution in [0.4, 0.5) is 0 Å². The summed E-state index contributed by atoms with van der Waals surface area (Å²) in [5.41, 5.74) is 3.15. The van der Waals surface area contributed by atoms with Crippen LogP contribution in [0, 0.1) is 0 Å². The highest BCUT2D eigenvalue weighted by Gasteiger charge is 2.14. The predicted molar refractivity (Wildman–Crippen MR) is 122 cm³/mol. The van der Waals surface area contributed by atoms with Crippen LogP contribution in [-0.2, 0) is 14.8 Å². The van der Waals surface area contributed by atoms with Gasteiger partial charge in [0.1, 0.15) is 11.5 Å². The predicted octanol–water partition coefficient (Wildman–Crippen LogP) is 2.34. The molecule has 0 saturated heterocycles. The molecule has 170 valence electrons. The molecule has 0 fully saturated rings. The number of nitrogens with zero attached hydrogens (tertiary/aromatic N) is 1. The van der Waals surface area contributed by atoms with E-state index >= 15 is 0 Å². The Morgan fingerprint density at radius 2 is 1.67 bits per heavy atom. The minimum atomic E-state index is -3.79. The first-order chi connectivity index (χ1) is 15.9. The van der Waals surface area contributed by atoms with Gasteiger partial charge in [-0.2, -0.15) is 5.10 Å². The summed E-state index contributed by atoms with van der Waals surface area (Å²) in [4.78, 5) is 24.2. The Morgan fingerprint density at radius 3 is 2.36 bits per heavy atom. The molecule has 0 unspecified atom stereocenters. The van der Waals surface area contributed by atoms with E-state index < -0.39 is 28.4 Å². The summed E-state index contributed by atoms with van der Waals surface area (Å²) in [5.74, 6) is -0.264. The second kappa shape index (κ2) is 11.0. The van der Waals surface area contributed by atoms with Crippen molar-refractivity contribution in [2.75, 3.05) is 13.7 Å². The first-order valence-electron chi connectivity index (χ1n) is 9.70. The molecule has 3 aromatic rings. The van der Waals surface area contributed by atoms with E-state index in [1.807, 2.05) is 0 Å². The number of benzene rings is 3. The third-order valence-electron chi connectivity index (χ3n) is 4.27. The van der Waals surface area contributed by atoms with Crippen molar-refractivity contribution in [1.29, 1.82) is 0 Å². The van der Waals surface area contributed by atoms with Crippen molar-refractivity contribution in [2.45, 2.75) is 4.90 Å². The zero-order chi connectivity index (χ0) is 23.7. The number of esters is 1. The van der Waals surface area contributed by atoms with Crippen molar-refractivity contribution < 1.29 is 27.5 Å². The van der Waals surface area contributed by atoms with Crippen molar-refractivity contribution in [3.05, 3.63) is 90.0 Å². The maximum absolute atomic E-state index is 12.3. The molecular formula is C23H21N3O6S. The van der Waals surface area contributed by atoms with Gasteiger partial charge >= 0.3 is 5.97 Å². The molecule has 0 aliphatic heterocycles. The van der Waals surface area contributed by atoms with Gasteiger partial charge in [-0.1, -0.05) is 30.3 Å². The lowest BCUT2D eigenvalue weighted by Crippen LogP contribution is -2.34. The zero-order valence-corrected chi connectivity index (χ0v) is 18.4. The summed E-state index contributed by atoms with van der Waals surface area (Å²) in [5, 5.41) is 3.80. The molecule has 0 saturated carbocycles.